The van der Waals surface area contributed by atoms with Gasteiger partial charge in [0.05, 0.1) is 0 Å². The smallest absolute Gasteiger partial charge is 0.242 e. The van der Waals surface area contributed by atoms with Gasteiger partial charge in [-0.2, -0.15) is 0 Å². The fourth-order valence-electron chi connectivity index (χ4n) is 5.16. The Morgan fingerprint density at radius 2 is 1.44 bits per heavy atom. The number of piperidine rings is 1. The minimum Gasteiger partial charge on any atom is -0.398 e. The van der Waals surface area contributed by atoms with Gasteiger partial charge in [-0.15, -0.1) is 0 Å². The lowest BCUT2D eigenvalue weighted by Gasteiger charge is -2.35. The normalized spacial score (nSPS) is 15.0. The lowest BCUT2D eigenvalue weighted by molar-refractivity contribution is -0.122. The summed E-state index contributed by atoms with van der Waals surface area (Å²) in [5.41, 5.74) is 16.3. The van der Waals surface area contributed by atoms with E-state index in [1.54, 1.807) is 0 Å². The van der Waals surface area contributed by atoms with Crippen LogP contribution in [0.2, 0.25) is 0 Å². The number of nitrogens with zero attached hydrogens (tertiary/aromatic N) is 1. The van der Waals surface area contributed by atoms with Crippen LogP contribution in [0.25, 0.3) is 11.1 Å². The molecular weight excluding hydrogens is 444 g/mol. The number of hydrogen-bond donors (Lipinski definition) is 3. The van der Waals surface area contributed by atoms with E-state index in [1.807, 2.05) is 19.9 Å². The van der Waals surface area contributed by atoms with Gasteiger partial charge in [-0.25, -0.2) is 0 Å². The molecule has 3 aromatic carbocycles. The Morgan fingerprint density at radius 3 is 2.00 bits per heavy atom. The van der Waals surface area contributed by atoms with E-state index in [1.165, 1.54) is 16.8 Å². The van der Waals surface area contributed by atoms with E-state index in [2.05, 4.69) is 84.8 Å². The third-order valence-corrected chi connectivity index (χ3v) is 7.91. The average Bonchev–Trinajstić information content (AvgIpc) is 2.92. The predicted octanol–water partition coefficient (Wildman–Crippen LogP) is 6.15. The van der Waals surface area contributed by atoms with E-state index in [9.17, 15) is 4.79 Å². The van der Waals surface area contributed by atoms with Crippen molar-refractivity contribution in [1.82, 2.24) is 5.32 Å². The summed E-state index contributed by atoms with van der Waals surface area (Å²) in [6.07, 6.45) is 2.61. The summed E-state index contributed by atoms with van der Waals surface area (Å²) in [6.45, 7) is 12.2. The monoisotopic (exact) mass is 484 g/mol. The fraction of sp³-hybridized carbons (Fsp3) is 0.387. The Morgan fingerprint density at radius 1 is 0.889 bits per heavy atom. The number of carbonyl (C=O) groups excluding carboxylic acids is 1. The van der Waals surface area contributed by atoms with E-state index in [0.29, 0.717) is 0 Å². The maximum atomic E-state index is 13.2. The number of rotatable bonds is 7. The molecular formula is C31H40N4O. The second-order valence-corrected chi connectivity index (χ2v) is 10.1. The molecule has 0 aromatic heterocycles. The summed E-state index contributed by atoms with van der Waals surface area (Å²) >= 11 is 0. The first-order valence-corrected chi connectivity index (χ1v) is 13.1. The van der Waals surface area contributed by atoms with E-state index < -0.39 is 0 Å². The van der Waals surface area contributed by atoms with Gasteiger partial charge in [-0.1, -0.05) is 49.4 Å². The Hall–Kier alpha value is -3.47. The molecule has 0 saturated carbocycles. The van der Waals surface area contributed by atoms with E-state index in [0.717, 1.165) is 66.0 Å². The highest BCUT2D eigenvalue weighted by Crippen LogP contribution is 2.33. The van der Waals surface area contributed by atoms with Crippen molar-refractivity contribution in [2.75, 3.05) is 29.0 Å². The number of hydrogen-bond acceptors (Lipinski definition) is 4. The Balaban J connectivity index is 1.34. The molecule has 5 nitrogen and oxygen atoms in total. The molecule has 4 rings (SSSR count). The van der Waals surface area contributed by atoms with Gasteiger partial charge in [0.1, 0.15) is 6.04 Å². The highest BCUT2D eigenvalue weighted by atomic mass is 16.2. The fourth-order valence-corrected chi connectivity index (χ4v) is 5.16. The number of nitrogens with one attached hydrogen (secondary N) is 2. The summed E-state index contributed by atoms with van der Waals surface area (Å²) in [4.78, 5) is 15.6. The Kier molecular flexibility index (Phi) is 7.88. The van der Waals surface area contributed by atoms with Gasteiger partial charge in [0, 0.05) is 36.2 Å². The van der Waals surface area contributed by atoms with Crippen molar-refractivity contribution >= 4 is 23.0 Å². The Bertz CT molecular complexity index is 1170. The lowest BCUT2D eigenvalue weighted by Crippen LogP contribution is -2.49. The lowest BCUT2D eigenvalue weighted by atomic mass is 9.95. The third kappa shape index (κ3) is 5.35. The summed E-state index contributed by atoms with van der Waals surface area (Å²) in [5.74, 6) is 0.0779. The number of anilines is 3. The van der Waals surface area contributed by atoms with Gasteiger partial charge in [-0.3, -0.25) is 4.79 Å². The maximum Gasteiger partial charge on any atom is 0.242 e. The van der Waals surface area contributed by atoms with Gasteiger partial charge in [0.15, 0.2) is 0 Å². The van der Waals surface area contributed by atoms with Crippen LogP contribution < -0.4 is 21.3 Å². The summed E-state index contributed by atoms with van der Waals surface area (Å²) in [7, 11) is 0. The zero-order chi connectivity index (χ0) is 25.8. The van der Waals surface area contributed by atoms with Crippen LogP contribution in [0.5, 0.6) is 0 Å². The number of amides is 1. The van der Waals surface area contributed by atoms with Crippen molar-refractivity contribution in [3.63, 3.8) is 0 Å². The van der Waals surface area contributed by atoms with Crippen molar-refractivity contribution in [1.29, 1.82) is 0 Å². The molecule has 0 spiro atoms. The van der Waals surface area contributed by atoms with Gasteiger partial charge < -0.3 is 21.3 Å². The molecule has 0 bridgehead atoms. The minimum atomic E-state index is -0.270. The largest absolute Gasteiger partial charge is 0.398 e. The van der Waals surface area contributed by atoms with Crippen LogP contribution in [-0.2, 0) is 4.79 Å². The summed E-state index contributed by atoms with van der Waals surface area (Å²) in [6, 6.07) is 19.2. The van der Waals surface area contributed by atoms with Crippen LogP contribution in [0, 0.1) is 27.7 Å². The topological polar surface area (TPSA) is 70.4 Å². The van der Waals surface area contributed by atoms with Crippen LogP contribution >= 0.6 is 0 Å². The molecule has 190 valence electrons. The molecule has 0 aliphatic carbocycles. The van der Waals surface area contributed by atoms with Crippen LogP contribution in [0.4, 0.5) is 17.1 Å². The number of nitrogens with two attached hydrogens (primary N) is 1. The molecule has 36 heavy (non-hydrogen) atoms. The second-order valence-electron chi connectivity index (χ2n) is 10.1. The van der Waals surface area contributed by atoms with Crippen molar-refractivity contribution in [3.05, 3.63) is 76.9 Å². The summed E-state index contributed by atoms with van der Waals surface area (Å²) < 4.78 is 0. The molecule has 1 atom stereocenters. The van der Waals surface area contributed by atoms with Gasteiger partial charge >= 0.3 is 0 Å². The molecule has 1 aliphatic heterocycles. The number of nitrogen functional groups attached to an aromatic ring is 1. The van der Waals surface area contributed by atoms with Gasteiger partial charge in [-0.05, 0) is 92.5 Å². The first-order valence-electron chi connectivity index (χ1n) is 13.1. The van der Waals surface area contributed by atoms with Crippen molar-refractivity contribution in [3.8, 4) is 11.1 Å². The van der Waals surface area contributed by atoms with Crippen LogP contribution in [0.3, 0.4) is 0 Å². The minimum absolute atomic E-state index is 0.0779. The highest BCUT2D eigenvalue weighted by molar-refractivity contribution is 5.86. The van der Waals surface area contributed by atoms with Crippen LogP contribution in [0.15, 0.2) is 54.6 Å². The number of benzene rings is 3. The molecule has 0 radical (unpaired) electrons. The molecule has 3 aromatic rings. The predicted molar refractivity (Wildman–Crippen MR) is 153 cm³/mol. The second kappa shape index (κ2) is 11.1. The van der Waals surface area contributed by atoms with Gasteiger partial charge in [0.2, 0.25) is 5.91 Å². The van der Waals surface area contributed by atoms with Crippen molar-refractivity contribution in [2.45, 2.75) is 66.0 Å². The molecule has 1 fully saturated rings. The Labute approximate surface area is 216 Å². The third-order valence-electron chi connectivity index (χ3n) is 7.91. The van der Waals surface area contributed by atoms with E-state index >= 15 is 0 Å². The molecule has 4 N–H and O–H groups in total. The molecule has 1 unspecified atom stereocenters. The first kappa shape index (κ1) is 25.6. The molecule has 1 aliphatic rings. The highest BCUT2D eigenvalue weighted by Gasteiger charge is 2.25. The maximum absolute atomic E-state index is 13.2. The van der Waals surface area contributed by atoms with Crippen LogP contribution in [-0.4, -0.2) is 31.1 Å². The van der Waals surface area contributed by atoms with Crippen molar-refractivity contribution < 1.29 is 4.79 Å². The number of carbonyl (C=O) groups is 1. The zero-order valence-electron chi connectivity index (χ0n) is 22.3. The molecule has 5 heteroatoms. The molecule has 1 amide bonds. The summed E-state index contributed by atoms with van der Waals surface area (Å²) in [5, 5.41) is 6.86. The molecule has 1 heterocycles. The van der Waals surface area contributed by atoms with Crippen LogP contribution in [0.1, 0.15) is 48.4 Å². The average molecular weight is 485 g/mol. The standard InChI is InChI=1S/C31H40N4O/c1-6-28(34-30-22(4)20(2)29(32)21(3)23(30)5)31(36)33-26-16-18-35(19-17-26)27-14-12-25(13-15-27)24-10-8-7-9-11-24/h7-15,26,28,34H,6,16-19,32H2,1-5H3,(H,33,36). The van der Waals surface area contributed by atoms with Gasteiger partial charge in [0.25, 0.3) is 0 Å². The zero-order valence-corrected chi connectivity index (χ0v) is 22.3. The first-order chi connectivity index (χ1) is 17.3. The SMILES string of the molecule is CCC(Nc1c(C)c(C)c(N)c(C)c1C)C(=O)NC1CCN(c2ccc(-c3ccccc3)cc2)CC1. The van der Waals surface area contributed by atoms with E-state index in [-0.39, 0.29) is 18.0 Å². The quantitative estimate of drug-likeness (QED) is 0.352. The van der Waals surface area contributed by atoms with Crippen molar-refractivity contribution in [2.24, 2.45) is 0 Å². The van der Waals surface area contributed by atoms with E-state index in [4.69, 9.17) is 5.73 Å². The molecule has 1 saturated heterocycles.